The summed E-state index contributed by atoms with van der Waals surface area (Å²) >= 11 is 1.66. The zero-order valence-electron chi connectivity index (χ0n) is 11.0. The average Bonchev–Trinajstić information content (AvgIpc) is 2.46. The summed E-state index contributed by atoms with van der Waals surface area (Å²) in [4.78, 5) is 1.09. The third kappa shape index (κ3) is 2.58. The van der Waals surface area contributed by atoms with Crippen molar-refractivity contribution in [1.29, 1.82) is 0 Å². The summed E-state index contributed by atoms with van der Waals surface area (Å²) in [6.45, 7) is 2.49. The molecule has 4 nitrogen and oxygen atoms in total. The van der Waals surface area contributed by atoms with Crippen molar-refractivity contribution in [2.24, 2.45) is 0 Å². The molecule has 0 spiro atoms. The lowest BCUT2D eigenvalue weighted by Crippen LogP contribution is -2.33. The second kappa shape index (κ2) is 6.31. The molecule has 0 amide bonds. The van der Waals surface area contributed by atoms with E-state index in [1.165, 1.54) is 0 Å². The van der Waals surface area contributed by atoms with Crippen LogP contribution < -0.4 is 14.8 Å². The van der Waals surface area contributed by atoms with Gasteiger partial charge in [0.2, 0.25) is 0 Å². The fraction of sp³-hybridized carbons (Fsp3) is 0.538. The predicted molar refractivity (Wildman–Crippen MR) is 72.9 cm³/mol. The van der Waals surface area contributed by atoms with E-state index < -0.39 is 0 Å². The Morgan fingerprint density at radius 3 is 2.72 bits per heavy atom. The maximum atomic E-state index is 5.81. The molecule has 0 saturated carbocycles. The first-order valence-electron chi connectivity index (χ1n) is 5.93. The van der Waals surface area contributed by atoms with E-state index in [-0.39, 0.29) is 6.10 Å². The second-order valence-corrected chi connectivity index (χ2v) is 4.80. The Balaban J connectivity index is 2.40. The van der Waals surface area contributed by atoms with Crippen molar-refractivity contribution in [3.63, 3.8) is 0 Å². The van der Waals surface area contributed by atoms with Crippen LogP contribution in [0.4, 0.5) is 0 Å². The van der Waals surface area contributed by atoms with Gasteiger partial charge in [-0.15, -0.1) is 11.8 Å². The third-order valence-electron chi connectivity index (χ3n) is 3.01. The molecule has 1 unspecified atom stereocenters. The zero-order valence-corrected chi connectivity index (χ0v) is 11.8. The highest BCUT2D eigenvalue weighted by Gasteiger charge is 2.23. The van der Waals surface area contributed by atoms with Gasteiger partial charge in [-0.3, -0.25) is 0 Å². The minimum absolute atomic E-state index is 0.0843. The molecule has 0 bridgehead atoms. The average molecular weight is 269 g/mol. The van der Waals surface area contributed by atoms with Crippen LogP contribution in [0.15, 0.2) is 17.0 Å². The lowest BCUT2D eigenvalue weighted by Gasteiger charge is -2.26. The summed E-state index contributed by atoms with van der Waals surface area (Å²) in [6, 6.07) is 4.00. The van der Waals surface area contributed by atoms with Crippen LogP contribution in [0.5, 0.6) is 11.5 Å². The summed E-state index contributed by atoms with van der Waals surface area (Å²) in [5, 5.41) is 3.34. The maximum Gasteiger partial charge on any atom is 0.174 e. The molecule has 1 aliphatic heterocycles. The molecular weight excluding hydrogens is 250 g/mol. The number of thioether (sulfide) groups is 1. The molecule has 1 saturated heterocycles. The molecule has 1 heterocycles. The Morgan fingerprint density at radius 2 is 2.17 bits per heavy atom. The van der Waals surface area contributed by atoms with Crippen molar-refractivity contribution in [2.45, 2.75) is 11.0 Å². The molecule has 18 heavy (non-hydrogen) atoms. The molecule has 5 heteroatoms. The first-order valence-corrected chi connectivity index (χ1v) is 7.15. The fourth-order valence-electron chi connectivity index (χ4n) is 2.14. The van der Waals surface area contributed by atoms with E-state index >= 15 is 0 Å². The molecule has 0 aromatic heterocycles. The number of hydrogen-bond acceptors (Lipinski definition) is 5. The van der Waals surface area contributed by atoms with Gasteiger partial charge in [0.1, 0.15) is 0 Å². The largest absolute Gasteiger partial charge is 0.493 e. The third-order valence-corrected chi connectivity index (χ3v) is 3.84. The molecule has 1 aliphatic rings. The monoisotopic (exact) mass is 269 g/mol. The Labute approximate surface area is 112 Å². The zero-order chi connectivity index (χ0) is 13.0. The van der Waals surface area contributed by atoms with E-state index in [1.54, 1.807) is 26.0 Å². The number of methoxy groups -OCH3 is 2. The SMILES string of the molecule is COc1ccc(C2CNCCO2)c(SC)c1OC. The van der Waals surface area contributed by atoms with Crippen LogP contribution >= 0.6 is 11.8 Å². The highest BCUT2D eigenvalue weighted by atomic mass is 32.2. The smallest absolute Gasteiger partial charge is 0.174 e. The van der Waals surface area contributed by atoms with Gasteiger partial charge in [0, 0.05) is 13.1 Å². The number of rotatable bonds is 4. The Bertz CT molecular complexity index is 405. The molecule has 100 valence electrons. The van der Waals surface area contributed by atoms with E-state index in [4.69, 9.17) is 14.2 Å². The quantitative estimate of drug-likeness (QED) is 0.847. The fourth-order valence-corrected chi connectivity index (χ4v) is 2.95. The standard InChI is InChI=1S/C13H19NO3S/c1-15-10-5-4-9(11-8-14-6-7-17-11)13(18-3)12(10)16-2/h4-5,11,14H,6-8H2,1-3H3. The van der Waals surface area contributed by atoms with Gasteiger partial charge in [0.25, 0.3) is 0 Å². The molecule has 1 aromatic rings. The minimum Gasteiger partial charge on any atom is -0.493 e. The van der Waals surface area contributed by atoms with Gasteiger partial charge in [0.05, 0.1) is 31.8 Å². The van der Waals surface area contributed by atoms with Gasteiger partial charge < -0.3 is 19.5 Å². The molecule has 0 radical (unpaired) electrons. The normalized spacial score (nSPS) is 19.6. The van der Waals surface area contributed by atoms with Crippen LogP contribution in [0.3, 0.4) is 0 Å². The van der Waals surface area contributed by atoms with Gasteiger partial charge in [-0.05, 0) is 17.9 Å². The highest BCUT2D eigenvalue weighted by molar-refractivity contribution is 7.98. The van der Waals surface area contributed by atoms with E-state index in [0.717, 1.165) is 41.7 Å². The van der Waals surface area contributed by atoms with Crippen molar-refractivity contribution < 1.29 is 14.2 Å². The van der Waals surface area contributed by atoms with E-state index in [0.29, 0.717) is 0 Å². The number of hydrogen-bond donors (Lipinski definition) is 1. The van der Waals surface area contributed by atoms with Crippen molar-refractivity contribution >= 4 is 11.8 Å². The summed E-state index contributed by atoms with van der Waals surface area (Å²) < 4.78 is 16.6. The summed E-state index contributed by atoms with van der Waals surface area (Å²) in [5.74, 6) is 1.55. The van der Waals surface area contributed by atoms with Gasteiger partial charge in [-0.1, -0.05) is 6.07 Å². The van der Waals surface area contributed by atoms with Crippen LogP contribution in [0.1, 0.15) is 11.7 Å². The van der Waals surface area contributed by atoms with Crippen molar-refractivity contribution in [1.82, 2.24) is 5.32 Å². The predicted octanol–water partition coefficient (Wildman–Crippen LogP) is 2.09. The van der Waals surface area contributed by atoms with Crippen LogP contribution in [0, 0.1) is 0 Å². The lowest BCUT2D eigenvalue weighted by atomic mass is 10.1. The molecule has 2 rings (SSSR count). The van der Waals surface area contributed by atoms with Gasteiger partial charge >= 0.3 is 0 Å². The van der Waals surface area contributed by atoms with Crippen LogP contribution in [-0.4, -0.2) is 40.2 Å². The van der Waals surface area contributed by atoms with Gasteiger partial charge in [-0.25, -0.2) is 0 Å². The van der Waals surface area contributed by atoms with Crippen LogP contribution in [0.25, 0.3) is 0 Å². The summed E-state index contributed by atoms with van der Waals surface area (Å²) in [5.41, 5.74) is 1.16. The molecule has 0 aliphatic carbocycles. The van der Waals surface area contributed by atoms with E-state index in [2.05, 4.69) is 11.4 Å². The second-order valence-electron chi connectivity index (χ2n) is 3.99. The topological polar surface area (TPSA) is 39.7 Å². The Morgan fingerprint density at radius 1 is 1.33 bits per heavy atom. The molecule has 1 N–H and O–H groups in total. The van der Waals surface area contributed by atoms with Gasteiger partial charge in [0.15, 0.2) is 11.5 Å². The number of ether oxygens (including phenoxy) is 3. The molecule has 1 aromatic carbocycles. The first-order chi connectivity index (χ1) is 8.81. The molecule has 1 fully saturated rings. The van der Waals surface area contributed by atoms with Crippen molar-refractivity contribution in [2.75, 3.05) is 40.2 Å². The lowest BCUT2D eigenvalue weighted by molar-refractivity contribution is 0.0258. The number of morpholine rings is 1. The van der Waals surface area contributed by atoms with Crippen molar-refractivity contribution in [3.8, 4) is 11.5 Å². The number of benzene rings is 1. The van der Waals surface area contributed by atoms with E-state index in [1.807, 2.05) is 12.3 Å². The van der Waals surface area contributed by atoms with E-state index in [9.17, 15) is 0 Å². The summed E-state index contributed by atoms with van der Waals surface area (Å²) in [7, 11) is 3.32. The van der Waals surface area contributed by atoms with Crippen LogP contribution in [-0.2, 0) is 4.74 Å². The number of nitrogens with one attached hydrogen (secondary N) is 1. The summed E-state index contributed by atoms with van der Waals surface area (Å²) in [6.07, 6.45) is 2.12. The van der Waals surface area contributed by atoms with Crippen molar-refractivity contribution in [3.05, 3.63) is 17.7 Å². The Kier molecular flexibility index (Phi) is 4.74. The highest BCUT2D eigenvalue weighted by Crippen LogP contribution is 2.42. The van der Waals surface area contributed by atoms with Crippen LogP contribution in [0.2, 0.25) is 0 Å². The Hall–Kier alpha value is -0.910. The minimum atomic E-state index is 0.0843. The maximum absolute atomic E-state index is 5.81. The first kappa shape index (κ1) is 13.5. The molecular formula is C13H19NO3S. The van der Waals surface area contributed by atoms with Gasteiger partial charge in [-0.2, -0.15) is 0 Å². The molecule has 1 atom stereocenters.